The number of allylic oxidation sites excluding steroid dienone is 1. The van der Waals surface area contributed by atoms with E-state index < -0.39 is 0 Å². The molecule has 0 unspecified atom stereocenters. The number of fused-ring (bicyclic) bond motifs is 1. The molecule has 1 aliphatic heterocycles. The molecule has 0 N–H and O–H groups in total. The van der Waals surface area contributed by atoms with Crippen molar-refractivity contribution in [2.75, 3.05) is 0 Å². The Morgan fingerprint density at radius 1 is 0.964 bits per heavy atom. The van der Waals surface area contributed by atoms with Crippen LogP contribution in [-0.4, -0.2) is 5.78 Å². The molecule has 0 bridgehead atoms. The lowest BCUT2D eigenvalue weighted by Crippen LogP contribution is -1.98. The zero-order chi connectivity index (χ0) is 19.5. The Morgan fingerprint density at radius 3 is 2.39 bits per heavy atom. The van der Waals surface area contributed by atoms with E-state index in [-0.39, 0.29) is 5.78 Å². The molecule has 0 saturated carbocycles. The lowest BCUT2D eigenvalue weighted by molar-refractivity contribution is 0.101. The second-order valence-corrected chi connectivity index (χ2v) is 6.74. The SMILES string of the molecule is C=Cc1ccc(COc2ccc3c(c2)OC(=Cc2ccc(C)cc2)C3=O)cc1. The van der Waals surface area contributed by atoms with Crippen LogP contribution in [-0.2, 0) is 6.61 Å². The summed E-state index contributed by atoms with van der Waals surface area (Å²) in [5.74, 6) is 1.41. The van der Waals surface area contributed by atoms with E-state index >= 15 is 0 Å². The van der Waals surface area contributed by atoms with E-state index in [1.165, 1.54) is 5.56 Å². The summed E-state index contributed by atoms with van der Waals surface area (Å²) in [5.41, 5.74) is 4.79. The van der Waals surface area contributed by atoms with Crippen molar-refractivity contribution >= 4 is 17.9 Å². The van der Waals surface area contributed by atoms with E-state index in [0.29, 0.717) is 29.4 Å². The first kappa shape index (κ1) is 17.8. The molecule has 3 heteroatoms. The van der Waals surface area contributed by atoms with Crippen LogP contribution in [0.4, 0.5) is 0 Å². The topological polar surface area (TPSA) is 35.5 Å². The fourth-order valence-corrected chi connectivity index (χ4v) is 2.99. The molecule has 138 valence electrons. The number of ether oxygens (including phenoxy) is 2. The highest BCUT2D eigenvalue weighted by molar-refractivity contribution is 6.14. The fourth-order valence-electron chi connectivity index (χ4n) is 2.99. The number of aryl methyl sites for hydroxylation is 1. The van der Waals surface area contributed by atoms with Gasteiger partial charge in [0, 0.05) is 6.07 Å². The third-order valence-electron chi connectivity index (χ3n) is 4.64. The van der Waals surface area contributed by atoms with Crippen molar-refractivity contribution in [1.82, 2.24) is 0 Å². The molecule has 3 aromatic carbocycles. The monoisotopic (exact) mass is 368 g/mol. The molecule has 3 nitrogen and oxygen atoms in total. The van der Waals surface area contributed by atoms with Gasteiger partial charge in [0.05, 0.1) is 5.56 Å². The van der Waals surface area contributed by atoms with Crippen LogP contribution in [0.2, 0.25) is 0 Å². The Kier molecular flexibility index (Phi) is 4.81. The maximum atomic E-state index is 12.6. The van der Waals surface area contributed by atoms with Crippen LogP contribution in [0.25, 0.3) is 12.2 Å². The lowest BCUT2D eigenvalue weighted by atomic mass is 10.1. The van der Waals surface area contributed by atoms with E-state index in [1.807, 2.05) is 55.5 Å². The molecular formula is C25H20O3. The summed E-state index contributed by atoms with van der Waals surface area (Å²) in [6.07, 6.45) is 3.57. The van der Waals surface area contributed by atoms with Crippen LogP contribution >= 0.6 is 0 Å². The molecule has 0 saturated heterocycles. The van der Waals surface area contributed by atoms with Gasteiger partial charge >= 0.3 is 0 Å². The minimum atomic E-state index is -0.109. The predicted molar refractivity (Wildman–Crippen MR) is 111 cm³/mol. The maximum Gasteiger partial charge on any atom is 0.231 e. The van der Waals surface area contributed by atoms with Crippen molar-refractivity contribution < 1.29 is 14.3 Å². The van der Waals surface area contributed by atoms with Gasteiger partial charge in [0.25, 0.3) is 0 Å². The minimum absolute atomic E-state index is 0.109. The Morgan fingerprint density at radius 2 is 1.68 bits per heavy atom. The van der Waals surface area contributed by atoms with Gasteiger partial charge in [0.2, 0.25) is 5.78 Å². The molecule has 28 heavy (non-hydrogen) atoms. The van der Waals surface area contributed by atoms with Gasteiger partial charge in [0.1, 0.15) is 18.1 Å². The summed E-state index contributed by atoms with van der Waals surface area (Å²) in [4.78, 5) is 12.6. The second-order valence-electron chi connectivity index (χ2n) is 6.74. The van der Waals surface area contributed by atoms with E-state index in [2.05, 4.69) is 6.58 Å². The molecule has 0 fully saturated rings. The number of carbonyl (C=O) groups excluding carboxylic acids is 1. The normalized spacial score (nSPS) is 13.9. The smallest absolute Gasteiger partial charge is 0.231 e. The minimum Gasteiger partial charge on any atom is -0.489 e. The zero-order valence-corrected chi connectivity index (χ0v) is 15.6. The van der Waals surface area contributed by atoms with Crippen molar-refractivity contribution in [2.24, 2.45) is 0 Å². The van der Waals surface area contributed by atoms with Crippen molar-refractivity contribution in [2.45, 2.75) is 13.5 Å². The number of carbonyl (C=O) groups is 1. The third kappa shape index (κ3) is 3.74. The van der Waals surface area contributed by atoms with Crippen LogP contribution in [0, 0.1) is 6.92 Å². The summed E-state index contributed by atoms with van der Waals surface area (Å²) in [7, 11) is 0. The van der Waals surface area contributed by atoms with E-state index in [9.17, 15) is 4.79 Å². The average Bonchev–Trinajstić information content (AvgIpc) is 3.03. The van der Waals surface area contributed by atoms with Crippen LogP contribution < -0.4 is 9.47 Å². The number of hydrogen-bond donors (Lipinski definition) is 0. The number of benzene rings is 3. The Hall–Kier alpha value is -3.59. The number of hydrogen-bond acceptors (Lipinski definition) is 3. The number of ketones is 1. The van der Waals surface area contributed by atoms with Gasteiger partial charge in [-0.1, -0.05) is 66.7 Å². The van der Waals surface area contributed by atoms with Gasteiger partial charge in [-0.3, -0.25) is 4.79 Å². The maximum absolute atomic E-state index is 12.6. The van der Waals surface area contributed by atoms with Crippen LogP contribution in [0.3, 0.4) is 0 Å². The first-order chi connectivity index (χ1) is 13.6. The molecule has 0 spiro atoms. The molecule has 4 rings (SSSR count). The number of rotatable bonds is 5. The molecule has 3 aromatic rings. The third-order valence-corrected chi connectivity index (χ3v) is 4.64. The van der Waals surface area contributed by atoms with E-state index in [4.69, 9.17) is 9.47 Å². The van der Waals surface area contributed by atoms with Crippen LogP contribution in [0.5, 0.6) is 11.5 Å². The summed E-state index contributed by atoms with van der Waals surface area (Å²) in [6.45, 7) is 6.22. The number of Topliss-reactive ketones (excluding diaryl/α,β-unsaturated/α-hetero) is 1. The Balaban J connectivity index is 1.48. The standard InChI is InChI=1S/C25H20O3/c1-3-18-8-10-20(11-9-18)16-27-21-12-13-22-23(15-21)28-24(25(22)26)14-19-6-4-17(2)5-7-19/h3-15H,1,16H2,2H3. The predicted octanol–water partition coefficient (Wildman–Crippen LogP) is 5.83. The highest BCUT2D eigenvalue weighted by Gasteiger charge is 2.27. The molecule has 0 aliphatic carbocycles. The van der Waals surface area contributed by atoms with Gasteiger partial charge in [-0.2, -0.15) is 0 Å². The quantitative estimate of drug-likeness (QED) is 0.531. The van der Waals surface area contributed by atoms with E-state index in [0.717, 1.165) is 16.7 Å². The van der Waals surface area contributed by atoms with Gasteiger partial charge in [-0.15, -0.1) is 0 Å². The van der Waals surface area contributed by atoms with Gasteiger partial charge in [-0.05, 0) is 41.8 Å². The Labute approximate surface area is 164 Å². The molecule has 1 aliphatic rings. The summed E-state index contributed by atoms with van der Waals surface area (Å²) in [6, 6.07) is 21.3. The zero-order valence-electron chi connectivity index (χ0n) is 15.6. The second kappa shape index (κ2) is 7.57. The highest BCUT2D eigenvalue weighted by atomic mass is 16.5. The first-order valence-electron chi connectivity index (χ1n) is 9.11. The van der Waals surface area contributed by atoms with Gasteiger partial charge < -0.3 is 9.47 Å². The Bertz CT molecular complexity index is 1060. The summed E-state index contributed by atoms with van der Waals surface area (Å²) < 4.78 is 11.7. The van der Waals surface area contributed by atoms with E-state index in [1.54, 1.807) is 30.4 Å². The molecular weight excluding hydrogens is 348 g/mol. The van der Waals surface area contributed by atoms with Crippen LogP contribution in [0.15, 0.2) is 79.1 Å². The highest BCUT2D eigenvalue weighted by Crippen LogP contribution is 2.35. The largest absolute Gasteiger partial charge is 0.489 e. The average molecular weight is 368 g/mol. The van der Waals surface area contributed by atoms with Crippen molar-refractivity contribution in [1.29, 1.82) is 0 Å². The van der Waals surface area contributed by atoms with Crippen LogP contribution in [0.1, 0.15) is 32.6 Å². The first-order valence-corrected chi connectivity index (χ1v) is 9.11. The van der Waals surface area contributed by atoms with Crippen molar-refractivity contribution in [3.63, 3.8) is 0 Å². The summed E-state index contributed by atoms with van der Waals surface area (Å²) in [5, 5.41) is 0. The fraction of sp³-hybridized carbons (Fsp3) is 0.0800. The van der Waals surface area contributed by atoms with Gasteiger partial charge in [-0.25, -0.2) is 0 Å². The molecule has 0 aromatic heterocycles. The molecule has 1 heterocycles. The molecule has 0 radical (unpaired) electrons. The molecule has 0 atom stereocenters. The van der Waals surface area contributed by atoms with Gasteiger partial charge in [0.15, 0.2) is 5.76 Å². The summed E-state index contributed by atoms with van der Waals surface area (Å²) >= 11 is 0. The van der Waals surface area contributed by atoms with Crippen molar-refractivity contribution in [3.8, 4) is 11.5 Å². The lowest BCUT2D eigenvalue weighted by Gasteiger charge is -2.07. The van der Waals surface area contributed by atoms with Crippen molar-refractivity contribution in [3.05, 3.63) is 107 Å². The molecule has 0 amide bonds.